The smallest absolute Gasteiger partial charge is 0.158 e. The molecule has 112 valence electrons. The molecule has 1 aromatic rings. The van der Waals surface area contributed by atoms with E-state index in [9.17, 15) is 5.11 Å². The van der Waals surface area contributed by atoms with Crippen LogP contribution in [0.5, 0.6) is 0 Å². The van der Waals surface area contributed by atoms with Crippen LogP contribution in [0.4, 0.5) is 0 Å². The molecular weight excluding hydrogens is 256 g/mol. The van der Waals surface area contributed by atoms with Gasteiger partial charge in [-0.25, -0.2) is 0 Å². The summed E-state index contributed by atoms with van der Waals surface area (Å²) < 4.78 is 16.5. The second-order valence-corrected chi connectivity index (χ2v) is 5.19. The Morgan fingerprint density at radius 3 is 2.90 bits per heavy atom. The fourth-order valence-electron chi connectivity index (χ4n) is 2.46. The fraction of sp³-hybridized carbons (Fsp3) is 0.625. The lowest BCUT2D eigenvalue weighted by Gasteiger charge is -2.27. The van der Waals surface area contributed by atoms with Gasteiger partial charge in [-0.15, -0.1) is 0 Å². The van der Waals surface area contributed by atoms with Crippen LogP contribution in [0, 0.1) is 0 Å². The predicted octanol–water partition coefficient (Wildman–Crippen LogP) is 2.28. The number of ether oxygens (including phenoxy) is 3. The van der Waals surface area contributed by atoms with Gasteiger partial charge in [0.2, 0.25) is 0 Å². The molecule has 1 aromatic carbocycles. The lowest BCUT2D eigenvalue weighted by molar-refractivity contribution is -0.194. The van der Waals surface area contributed by atoms with Crippen molar-refractivity contribution in [3.63, 3.8) is 0 Å². The highest BCUT2D eigenvalue weighted by Crippen LogP contribution is 2.17. The summed E-state index contributed by atoms with van der Waals surface area (Å²) in [4.78, 5) is 0. The number of hydrogen-bond donors (Lipinski definition) is 1. The van der Waals surface area contributed by atoms with Crippen LogP contribution in [-0.4, -0.2) is 37.8 Å². The summed E-state index contributed by atoms with van der Waals surface area (Å²) in [5.74, 6) is 0. The maximum Gasteiger partial charge on any atom is 0.158 e. The number of rotatable bonds is 7. The molecule has 20 heavy (non-hydrogen) atoms. The molecule has 4 nitrogen and oxygen atoms in total. The van der Waals surface area contributed by atoms with Gasteiger partial charge in [0.25, 0.3) is 0 Å². The van der Waals surface area contributed by atoms with Gasteiger partial charge in [-0.05, 0) is 30.4 Å². The van der Waals surface area contributed by atoms with E-state index in [1.165, 1.54) is 0 Å². The number of aliphatic hydroxyl groups excluding tert-OH is 1. The van der Waals surface area contributed by atoms with Crippen molar-refractivity contribution >= 4 is 0 Å². The minimum atomic E-state index is -0.212. The van der Waals surface area contributed by atoms with Crippen LogP contribution in [-0.2, 0) is 27.2 Å². The average molecular weight is 280 g/mol. The van der Waals surface area contributed by atoms with Crippen LogP contribution in [0.2, 0.25) is 0 Å². The molecule has 1 aliphatic heterocycles. The molecule has 0 spiro atoms. The molecule has 0 radical (unpaired) electrons. The topological polar surface area (TPSA) is 47.9 Å². The Bertz CT molecular complexity index is 388. The van der Waals surface area contributed by atoms with E-state index in [1.54, 1.807) is 7.11 Å². The van der Waals surface area contributed by atoms with Gasteiger partial charge in [0.1, 0.15) is 0 Å². The molecule has 1 heterocycles. The summed E-state index contributed by atoms with van der Waals surface area (Å²) in [6.07, 6.45) is 3.46. The summed E-state index contributed by atoms with van der Waals surface area (Å²) in [7, 11) is 1.69. The third-order valence-electron chi connectivity index (χ3n) is 3.45. The van der Waals surface area contributed by atoms with Crippen LogP contribution < -0.4 is 0 Å². The zero-order valence-corrected chi connectivity index (χ0v) is 12.1. The van der Waals surface area contributed by atoms with E-state index in [4.69, 9.17) is 14.2 Å². The van der Waals surface area contributed by atoms with Gasteiger partial charge in [0.05, 0.1) is 19.3 Å². The third-order valence-corrected chi connectivity index (χ3v) is 3.45. The monoisotopic (exact) mass is 280 g/mol. The van der Waals surface area contributed by atoms with Crippen molar-refractivity contribution in [2.24, 2.45) is 0 Å². The lowest BCUT2D eigenvalue weighted by atomic mass is 10.1. The number of hydrogen-bond acceptors (Lipinski definition) is 4. The first-order valence-corrected chi connectivity index (χ1v) is 7.26. The van der Waals surface area contributed by atoms with Crippen LogP contribution in [0.1, 0.15) is 30.4 Å². The van der Waals surface area contributed by atoms with Crippen molar-refractivity contribution < 1.29 is 19.3 Å². The largest absolute Gasteiger partial charge is 0.394 e. The molecule has 1 unspecified atom stereocenters. The van der Waals surface area contributed by atoms with E-state index in [0.717, 1.165) is 37.0 Å². The van der Waals surface area contributed by atoms with E-state index < -0.39 is 0 Å². The first-order valence-electron chi connectivity index (χ1n) is 7.26. The minimum absolute atomic E-state index is 0.00830. The first kappa shape index (κ1) is 15.4. The van der Waals surface area contributed by atoms with Crippen LogP contribution in [0.25, 0.3) is 0 Å². The maximum absolute atomic E-state index is 9.49. The van der Waals surface area contributed by atoms with E-state index >= 15 is 0 Å². The second kappa shape index (κ2) is 8.37. The fourth-order valence-corrected chi connectivity index (χ4v) is 2.46. The van der Waals surface area contributed by atoms with Crippen molar-refractivity contribution in [1.82, 2.24) is 0 Å². The van der Waals surface area contributed by atoms with Crippen LogP contribution in [0.3, 0.4) is 0 Å². The Morgan fingerprint density at radius 1 is 1.35 bits per heavy atom. The molecule has 2 rings (SSSR count). The van der Waals surface area contributed by atoms with E-state index in [-0.39, 0.29) is 19.0 Å². The maximum atomic E-state index is 9.49. The molecule has 4 heteroatoms. The van der Waals surface area contributed by atoms with Crippen LogP contribution >= 0.6 is 0 Å². The molecular formula is C16H24O4. The van der Waals surface area contributed by atoms with Gasteiger partial charge in [0.15, 0.2) is 6.29 Å². The SMILES string of the molecule is COCc1cccc(C[C@@H](CO)OC2CCCCO2)c1. The Balaban J connectivity index is 1.89. The normalized spacial score (nSPS) is 20.8. The van der Waals surface area contributed by atoms with Gasteiger partial charge in [-0.3, -0.25) is 0 Å². The molecule has 0 saturated carbocycles. The number of aliphatic hydroxyl groups is 1. The van der Waals surface area contributed by atoms with Crippen molar-refractivity contribution in [3.05, 3.63) is 35.4 Å². The van der Waals surface area contributed by atoms with Crippen molar-refractivity contribution in [2.45, 2.75) is 44.7 Å². The standard InChI is InChI=1S/C16H24O4/c1-18-12-14-6-4-5-13(9-14)10-15(11-17)20-16-7-2-3-8-19-16/h4-6,9,15-17H,2-3,7-8,10-12H2,1H3/t15-,16?/m0/s1. The molecule has 1 aliphatic rings. The van der Waals surface area contributed by atoms with E-state index in [0.29, 0.717) is 13.0 Å². The molecule has 2 atom stereocenters. The van der Waals surface area contributed by atoms with Gasteiger partial charge >= 0.3 is 0 Å². The van der Waals surface area contributed by atoms with Crippen LogP contribution in [0.15, 0.2) is 24.3 Å². The second-order valence-electron chi connectivity index (χ2n) is 5.19. The number of methoxy groups -OCH3 is 1. The third kappa shape index (κ3) is 4.87. The van der Waals surface area contributed by atoms with Gasteiger partial charge < -0.3 is 19.3 Å². The van der Waals surface area contributed by atoms with E-state index in [1.807, 2.05) is 18.2 Å². The van der Waals surface area contributed by atoms with Gasteiger partial charge in [-0.1, -0.05) is 24.3 Å². The summed E-state index contributed by atoms with van der Waals surface area (Å²) in [6.45, 7) is 1.37. The molecule has 0 aromatic heterocycles. The Kier molecular flexibility index (Phi) is 6.47. The highest BCUT2D eigenvalue weighted by atomic mass is 16.7. The highest BCUT2D eigenvalue weighted by molar-refractivity contribution is 5.23. The summed E-state index contributed by atoms with van der Waals surface area (Å²) in [5.41, 5.74) is 2.28. The average Bonchev–Trinajstić information content (AvgIpc) is 2.48. The molecule has 1 saturated heterocycles. The first-order chi connectivity index (χ1) is 9.81. The number of benzene rings is 1. The van der Waals surface area contributed by atoms with Crippen molar-refractivity contribution in [3.8, 4) is 0 Å². The molecule has 1 fully saturated rings. The summed E-state index contributed by atoms with van der Waals surface area (Å²) >= 11 is 0. The van der Waals surface area contributed by atoms with Crippen molar-refractivity contribution in [1.29, 1.82) is 0 Å². The zero-order chi connectivity index (χ0) is 14.2. The molecule has 0 aliphatic carbocycles. The van der Waals surface area contributed by atoms with Crippen molar-refractivity contribution in [2.75, 3.05) is 20.3 Å². The Labute approximate surface area is 120 Å². The van der Waals surface area contributed by atoms with E-state index in [2.05, 4.69) is 6.07 Å². The summed E-state index contributed by atoms with van der Waals surface area (Å²) in [5, 5.41) is 9.49. The van der Waals surface area contributed by atoms with Gasteiger partial charge in [0, 0.05) is 20.1 Å². The highest BCUT2D eigenvalue weighted by Gasteiger charge is 2.19. The summed E-state index contributed by atoms with van der Waals surface area (Å²) in [6, 6.07) is 8.19. The minimum Gasteiger partial charge on any atom is -0.394 e. The molecule has 1 N–H and O–H groups in total. The molecule has 0 bridgehead atoms. The Morgan fingerprint density at radius 2 is 2.20 bits per heavy atom. The quantitative estimate of drug-likeness (QED) is 0.832. The molecule has 0 amide bonds. The van der Waals surface area contributed by atoms with Gasteiger partial charge in [-0.2, -0.15) is 0 Å². The lowest BCUT2D eigenvalue weighted by Crippen LogP contribution is -2.31. The predicted molar refractivity (Wildman–Crippen MR) is 76.4 cm³/mol. The Hall–Kier alpha value is -0.940. The zero-order valence-electron chi connectivity index (χ0n) is 12.1.